The van der Waals surface area contributed by atoms with Crippen LogP contribution in [0.15, 0.2) is 25.0 Å². The second-order valence-corrected chi connectivity index (χ2v) is 6.09. The van der Waals surface area contributed by atoms with Crippen LogP contribution in [0.25, 0.3) is 0 Å². The van der Waals surface area contributed by atoms with E-state index in [1.165, 1.54) is 19.1 Å². The predicted molar refractivity (Wildman–Crippen MR) is 73.4 cm³/mol. The van der Waals surface area contributed by atoms with Crippen LogP contribution >= 0.6 is 0 Å². The Morgan fingerprint density at radius 3 is 2.89 bits per heavy atom. The van der Waals surface area contributed by atoms with E-state index in [0.29, 0.717) is 37.6 Å². The molecule has 3 aliphatic rings. The molecule has 6 atom stereocenters. The Kier molecular flexibility index (Phi) is 3.94. The summed E-state index contributed by atoms with van der Waals surface area (Å²) in [6.07, 6.45) is 8.72. The molecule has 6 unspecified atom stereocenters. The van der Waals surface area contributed by atoms with Crippen molar-refractivity contribution in [1.29, 1.82) is 0 Å². The molecule has 3 nitrogen and oxygen atoms in total. The topological polar surface area (TPSA) is 38.7 Å². The minimum Gasteiger partial charge on any atom is -0.499 e. The summed E-state index contributed by atoms with van der Waals surface area (Å²) in [7, 11) is 0. The summed E-state index contributed by atoms with van der Waals surface area (Å²) >= 11 is 0. The molecular weight excluding hydrogens is 240 g/mol. The Balaban J connectivity index is 1.55. The van der Waals surface area contributed by atoms with E-state index in [9.17, 15) is 5.11 Å². The zero-order chi connectivity index (χ0) is 13.2. The maximum atomic E-state index is 9.71. The normalized spacial score (nSPS) is 42.6. The van der Waals surface area contributed by atoms with Crippen LogP contribution in [0.2, 0.25) is 0 Å². The number of hydrogen-bond acceptors (Lipinski definition) is 3. The van der Waals surface area contributed by atoms with Crippen LogP contribution in [-0.2, 0) is 9.47 Å². The first-order valence-corrected chi connectivity index (χ1v) is 7.44. The van der Waals surface area contributed by atoms with Gasteiger partial charge in [-0.3, -0.25) is 0 Å². The Hall–Kier alpha value is -0.800. The SMILES string of the molecule is C=COCCOCC1C2CC(C3CC=CC23)C1CO. The summed E-state index contributed by atoms with van der Waals surface area (Å²) < 4.78 is 10.8. The van der Waals surface area contributed by atoms with E-state index >= 15 is 0 Å². The zero-order valence-electron chi connectivity index (χ0n) is 11.4. The average Bonchev–Trinajstić information content (AvgIpc) is 3.09. The van der Waals surface area contributed by atoms with Gasteiger partial charge in [-0.25, -0.2) is 0 Å². The molecule has 2 fully saturated rings. The van der Waals surface area contributed by atoms with Gasteiger partial charge in [-0.2, -0.15) is 0 Å². The minimum atomic E-state index is 0.321. The Labute approximate surface area is 115 Å². The fourth-order valence-electron chi connectivity index (χ4n) is 4.77. The van der Waals surface area contributed by atoms with Crippen LogP contribution < -0.4 is 0 Å². The molecule has 3 heteroatoms. The molecule has 3 rings (SSSR count). The van der Waals surface area contributed by atoms with Crippen LogP contribution in [0.4, 0.5) is 0 Å². The molecule has 2 saturated carbocycles. The van der Waals surface area contributed by atoms with Gasteiger partial charge in [0.25, 0.3) is 0 Å². The summed E-state index contributed by atoms with van der Waals surface area (Å²) in [4.78, 5) is 0. The number of aliphatic hydroxyl groups excluding tert-OH is 1. The van der Waals surface area contributed by atoms with Crippen LogP contribution in [0.5, 0.6) is 0 Å². The molecule has 0 radical (unpaired) electrons. The van der Waals surface area contributed by atoms with Crippen molar-refractivity contribution in [1.82, 2.24) is 0 Å². The number of rotatable bonds is 7. The summed E-state index contributed by atoms with van der Waals surface area (Å²) in [5.74, 6) is 3.99. The highest BCUT2D eigenvalue weighted by atomic mass is 16.5. The Morgan fingerprint density at radius 2 is 2.11 bits per heavy atom. The maximum Gasteiger partial charge on any atom is 0.111 e. The fraction of sp³-hybridized carbons (Fsp3) is 0.750. The van der Waals surface area contributed by atoms with E-state index in [2.05, 4.69) is 18.7 Å². The zero-order valence-corrected chi connectivity index (χ0v) is 11.4. The first-order valence-electron chi connectivity index (χ1n) is 7.44. The molecular formula is C16H24O3. The van der Waals surface area contributed by atoms with Crippen molar-refractivity contribution in [2.24, 2.45) is 35.5 Å². The van der Waals surface area contributed by atoms with Crippen molar-refractivity contribution in [3.63, 3.8) is 0 Å². The van der Waals surface area contributed by atoms with Crippen molar-refractivity contribution in [2.75, 3.05) is 26.4 Å². The van der Waals surface area contributed by atoms with Gasteiger partial charge in [-0.15, -0.1) is 0 Å². The lowest BCUT2D eigenvalue weighted by atomic mass is 9.70. The van der Waals surface area contributed by atoms with Crippen LogP contribution in [0.3, 0.4) is 0 Å². The van der Waals surface area contributed by atoms with Crippen molar-refractivity contribution in [3.05, 3.63) is 25.0 Å². The van der Waals surface area contributed by atoms with Gasteiger partial charge in [-0.05, 0) is 48.3 Å². The van der Waals surface area contributed by atoms with Gasteiger partial charge >= 0.3 is 0 Å². The predicted octanol–water partition coefficient (Wildman–Crippen LogP) is 2.23. The highest BCUT2D eigenvalue weighted by Gasteiger charge is 2.57. The van der Waals surface area contributed by atoms with E-state index in [0.717, 1.165) is 24.4 Å². The molecule has 0 aliphatic heterocycles. The lowest BCUT2D eigenvalue weighted by Gasteiger charge is -2.37. The number of fused-ring (bicyclic) bond motifs is 5. The molecule has 0 amide bonds. The van der Waals surface area contributed by atoms with E-state index in [1.807, 2.05) is 0 Å². The summed E-state index contributed by atoms with van der Waals surface area (Å²) in [6, 6.07) is 0. The van der Waals surface area contributed by atoms with Crippen molar-refractivity contribution < 1.29 is 14.6 Å². The molecule has 0 aromatic rings. The minimum absolute atomic E-state index is 0.321. The van der Waals surface area contributed by atoms with Crippen molar-refractivity contribution >= 4 is 0 Å². The third-order valence-corrected chi connectivity index (χ3v) is 5.48. The molecule has 0 spiro atoms. The van der Waals surface area contributed by atoms with E-state index in [1.54, 1.807) is 0 Å². The molecule has 0 saturated heterocycles. The smallest absolute Gasteiger partial charge is 0.111 e. The number of hydrogen-bond donors (Lipinski definition) is 1. The Bertz CT molecular complexity index is 352. The van der Waals surface area contributed by atoms with Gasteiger partial charge in [0.2, 0.25) is 0 Å². The third kappa shape index (κ3) is 2.23. The first-order chi connectivity index (χ1) is 9.36. The molecule has 106 valence electrons. The van der Waals surface area contributed by atoms with E-state index in [-0.39, 0.29) is 0 Å². The highest BCUT2D eigenvalue weighted by Crippen LogP contribution is 2.61. The maximum absolute atomic E-state index is 9.71. The van der Waals surface area contributed by atoms with Gasteiger partial charge < -0.3 is 14.6 Å². The summed E-state index contributed by atoms with van der Waals surface area (Å²) in [5.41, 5.74) is 0. The Morgan fingerprint density at radius 1 is 1.21 bits per heavy atom. The van der Waals surface area contributed by atoms with Crippen LogP contribution in [0.1, 0.15) is 12.8 Å². The monoisotopic (exact) mass is 264 g/mol. The van der Waals surface area contributed by atoms with Crippen molar-refractivity contribution in [3.8, 4) is 0 Å². The lowest BCUT2D eigenvalue weighted by Crippen LogP contribution is -2.37. The largest absolute Gasteiger partial charge is 0.499 e. The first kappa shape index (κ1) is 13.2. The molecule has 1 N–H and O–H groups in total. The molecule has 0 aromatic heterocycles. The standard InChI is InChI=1S/C16H24O3/c1-2-18-6-7-19-10-16-14-8-13(15(16)9-17)11-4-3-5-12(11)14/h2-3,5,11-17H,1,4,6-10H2. The van der Waals surface area contributed by atoms with Gasteiger partial charge in [-0.1, -0.05) is 18.7 Å². The van der Waals surface area contributed by atoms with E-state index < -0.39 is 0 Å². The summed E-state index contributed by atoms with van der Waals surface area (Å²) in [5, 5.41) is 9.71. The number of aliphatic hydroxyl groups is 1. The van der Waals surface area contributed by atoms with Gasteiger partial charge in [0.1, 0.15) is 6.61 Å². The van der Waals surface area contributed by atoms with Crippen molar-refractivity contribution in [2.45, 2.75) is 12.8 Å². The van der Waals surface area contributed by atoms with Crippen LogP contribution in [0, 0.1) is 35.5 Å². The second-order valence-electron chi connectivity index (χ2n) is 6.09. The van der Waals surface area contributed by atoms with Crippen LogP contribution in [-0.4, -0.2) is 31.5 Å². The van der Waals surface area contributed by atoms with E-state index in [4.69, 9.17) is 9.47 Å². The van der Waals surface area contributed by atoms with Gasteiger partial charge in [0.15, 0.2) is 0 Å². The lowest BCUT2D eigenvalue weighted by molar-refractivity contribution is -0.00279. The second kappa shape index (κ2) is 5.68. The molecule has 19 heavy (non-hydrogen) atoms. The third-order valence-electron chi connectivity index (χ3n) is 5.48. The fourth-order valence-corrected chi connectivity index (χ4v) is 4.77. The molecule has 0 heterocycles. The van der Waals surface area contributed by atoms with Gasteiger partial charge in [0.05, 0.1) is 19.5 Å². The van der Waals surface area contributed by atoms with Gasteiger partial charge in [0, 0.05) is 6.61 Å². The molecule has 0 aromatic carbocycles. The molecule has 3 aliphatic carbocycles. The number of allylic oxidation sites excluding steroid dienone is 2. The highest BCUT2D eigenvalue weighted by molar-refractivity contribution is 5.16. The number of ether oxygens (including phenoxy) is 2. The quantitative estimate of drug-likeness (QED) is 0.435. The summed E-state index contributed by atoms with van der Waals surface area (Å²) in [6.45, 7) is 5.78. The molecule has 2 bridgehead atoms. The average molecular weight is 264 g/mol.